The van der Waals surface area contributed by atoms with Crippen LogP contribution in [0.25, 0.3) is 10.9 Å². The third-order valence-corrected chi connectivity index (χ3v) is 4.74. The summed E-state index contributed by atoms with van der Waals surface area (Å²) in [5.41, 5.74) is 2.76. The molecule has 0 saturated heterocycles. The molecule has 0 spiro atoms. The van der Waals surface area contributed by atoms with Crippen LogP contribution in [0.3, 0.4) is 0 Å². The summed E-state index contributed by atoms with van der Waals surface area (Å²) in [6, 6.07) is 22.9. The van der Waals surface area contributed by atoms with E-state index in [9.17, 15) is 4.79 Å². The van der Waals surface area contributed by atoms with Gasteiger partial charge in [0.1, 0.15) is 11.5 Å². The number of benzene rings is 3. The van der Waals surface area contributed by atoms with E-state index in [-0.39, 0.29) is 5.91 Å². The molecule has 1 amide bonds. The van der Waals surface area contributed by atoms with E-state index in [1.54, 1.807) is 0 Å². The second-order valence-corrected chi connectivity index (χ2v) is 7.08. The SMILES string of the molecule is O=C(Cc1c[nH]c2ccccc12)Nc1ccc(Oc2ccc(Br)cc2)cc1. The van der Waals surface area contributed by atoms with Gasteiger partial charge in [0, 0.05) is 27.3 Å². The van der Waals surface area contributed by atoms with Crippen LogP contribution in [0.2, 0.25) is 0 Å². The largest absolute Gasteiger partial charge is 0.457 e. The Morgan fingerprint density at radius 2 is 1.59 bits per heavy atom. The number of para-hydroxylation sites is 1. The summed E-state index contributed by atoms with van der Waals surface area (Å²) in [7, 11) is 0. The second kappa shape index (κ2) is 7.68. The first-order valence-electron chi connectivity index (χ1n) is 8.56. The molecule has 4 aromatic rings. The van der Waals surface area contributed by atoms with E-state index in [4.69, 9.17) is 4.74 Å². The molecule has 134 valence electrons. The molecule has 0 bridgehead atoms. The predicted octanol–water partition coefficient (Wildman–Crippen LogP) is 5.90. The van der Waals surface area contributed by atoms with Crippen molar-refractivity contribution in [2.24, 2.45) is 0 Å². The Morgan fingerprint density at radius 3 is 2.33 bits per heavy atom. The normalized spacial score (nSPS) is 10.7. The molecule has 0 atom stereocenters. The maximum absolute atomic E-state index is 12.4. The second-order valence-electron chi connectivity index (χ2n) is 6.16. The molecule has 0 aliphatic carbocycles. The van der Waals surface area contributed by atoms with E-state index in [0.717, 1.165) is 32.4 Å². The molecule has 3 aromatic carbocycles. The Bertz CT molecular complexity index is 1070. The maximum Gasteiger partial charge on any atom is 0.228 e. The van der Waals surface area contributed by atoms with Crippen molar-refractivity contribution < 1.29 is 9.53 Å². The van der Waals surface area contributed by atoms with Gasteiger partial charge in [-0.05, 0) is 60.2 Å². The Hall–Kier alpha value is -3.05. The fourth-order valence-electron chi connectivity index (χ4n) is 2.90. The number of hydrogen-bond acceptors (Lipinski definition) is 2. The minimum absolute atomic E-state index is 0.0543. The molecule has 2 N–H and O–H groups in total. The van der Waals surface area contributed by atoms with Gasteiger partial charge >= 0.3 is 0 Å². The molecule has 27 heavy (non-hydrogen) atoms. The number of amides is 1. The summed E-state index contributed by atoms with van der Waals surface area (Å²) in [6.07, 6.45) is 2.21. The van der Waals surface area contributed by atoms with Crippen LogP contribution in [0.4, 0.5) is 5.69 Å². The lowest BCUT2D eigenvalue weighted by atomic mass is 10.1. The molecule has 0 radical (unpaired) electrons. The summed E-state index contributed by atoms with van der Waals surface area (Å²) < 4.78 is 6.79. The van der Waals surface area contributed by atoms with Gasteiger partial charge < -0.3 is 15.0 Å². The minimum atomic E-state index is -0.0543. The van der Waals surface area contributed by atoms with Crippen LogP contribution in [-0.4, -0.2) is 10.9 Å². The van der Waals surface area contributed by atoms with E-state index in [0.29, 0.717) is 12.2 Å². The fourth-order valence-corrected chi connectivity index (χ4v) is 3.17. The van der Waals surface area contributed by atoms with Crippen molar-refractivity contribution in [1.29, 1.82) is 0 Å². The van der Waals surface area contributed by atoms with E-state index in [1.807, 2.05) is 79.0 Å². The van der Waals surface area contributed by atoms with Crippen molar-refractivity contribution >= 4 is 38.4 Å². The highest BCUT2D eigenvalue weighted by Crippen LogP contribution is 2.25. The lowest BCUT2D eigenvalue weighted by molar-refractivity contribution is -0.115. The van der Waals surface area contributed by atoms with Gasteiger partial charge in [-0.2, -0.15) is 0 Å². The van der Waals surface area contributed by atoms with Gasteiger partial charge in [-0.25, -0.2) is 0 Å². The van der Waals surface area contributed by atoms with Gasteiger partial charge in [0.25, 0.3) is 0 Å². The van der Waals surface area contributed by atoms with Gasteiger partial charge in [0.2, 0.25) is 5.91 Å². The summed E-state index contributed by atoms with van der Waals surface area (Å²) >= 11 is 3.40. The molecule has 4 rings (SSSR count). The van der Waals surface area contributed by atoms with Crippen molar-refractivity contribution in [3.8, 4) is 11.5 Å². The molecule has 0 aliphatic heterocycles. The van der Waals surface area contributed by atoms with Gasteiger partial charge in [-0.15, -0.1) is 0 Å². The molecular formula is C22H17BrN2O2. The Morgan fingerprint density at radius 1 is 0.926 bits per heavy atom. The highest BCUT2D eigenvalue weighted by Gasteiger charge is 2.09. The highest BCUT2D eigenvalue weighted by molar-refractivity contribution is 9.10. The number of ether oxygens (including phenoxy) is 1. The van der Waals surface area contributed by atoms with E-state index in [2.05, 4.69) is 26.2 Å². The number of H-pyrrole nitrogens is 1. The minimum Gasteiger partial charge on any atom is -0.457 e. The summed E-state index contributed by atoms with van der Waals surface area (Å²) in [4.78, 5) is 15.6. The van der Waals surface area contributed by atoms with Crippen molar-refractivity contribution in [3.63, 3.8) is 0 Å². The number of hydrogen-bond donors (Lipinski definition) is 2. The zero-order valence-corrected chi connectivity index (χ0v) is 16.0. The number of carbonyl (C=O) groups is 1. The van der Waals surface area contributed by atoms with Crippen LogP contribution >= 0.6 is 15.9 Å². The molecule has 0 saturated carbocycles. The predicted molar refractivity (Wildman–Crippen MR) is 111 cm³/mol. The molecule has 1 heterocycles. The van der Waals surface area contributed by atoms with Gasteiger partial charge in [-0.1, -0.05) is 34.1 Å². The number of aromatic nitrogens is 1. The average molecular weight is 421 g/mol. The van der Waals surface area contributed by atoms with Crippen LogP contribution in [0.1, 0.15) is 5.56 Å². The van der Waals surface area contributed by atoms with Crippen molar-refractivity contribution in [1.82, 2.24) is 4.98 Å². The Kier molecular flexibility index (Phi) is 4.94. The number of nitrogens with one attached hydrogen (secondary N) is 2. The first-order valence-corrected chi connectivity index (χ1v) is 9.35. The molecule has 0 aliphatic rings. The smallest absolute Gasteiger partial charge is 0.228 e. The molecule has 0 unspecified atom stereocenters. The molecule has 5 heteroatoms. The van der Waals surface area contributed by atoms with E-state index < -0.39 is 0 Å². The zero-order valence-electron chi connectivity index (χ0n) is 14.4. The topological polar surface area (TPSA) is 54.1 Å². The summed E-state index contributed by atoms with van der Waals surface area (Å²) in [5, 5.41) is 4.00. The van der Waals surface area contributed by atoms with E-state index >= 15 is 0 Å². The van der Waals surface area contributed by atoms with Crippen LogP contribution in [0.5, 0.6) is 11.5 Å². The van der Waals surface area contributed by atoms with Crippen LogP contribution in [-0.2, 0) is 11.2 Å². The van der Waals surface area contributed by atoms with Crippen LogP contribution < -0.4 is 10.1 Å². The number of halogens is 1. The quantitative estimate of drug-likeness (QED) is 0.421. The Balaban J connectivity index is 1.39. The first kappa shape index (κ1) is 17.4. The number of anilines is 1. The summed E-state index contributed by atoms with van der Waals surface area (Å²) in [6.45, 7) is 0. The number of rotatable bonds is 5. The van der Waals surface area contributed by atoms with Crippen LogP contribution in [0.15, 0.2) is 83.5 Å². The van der Waals surface area contributed by atoms with Crippen molar-refractivity contribution in [2.75, 3.05) is 5.32 Å². The Labute approximate surface area is 165 Å². The zero-order chi connectivity index (χ0) is 18.6. The van der Waals surface area contributed by atoms with Crippen molar-refractivity contribution in [3.05, 3.63) is 89.0 Å². The molecule has 1 aromatic heterocycles. The molecule has 0 fully saturated rings. The van der Waals surface area contributed by atoms with Gasteiger partial charge in [-0.3, -0.25) is 4.79 Å². The number of fused-ring (bicyclic) bond motifs is 1. The molecular weight excluding hydrogens is 404 g/mol. The number of carbonyl (C=O) groups excluding carboxylic acids is 1. The number of aromatic amines is 1. The highest BCUT2D eigenvalue weighted by atomic mass is 79.9. The third-order valence-electron chi connectivity index (χ3n) is 4.21. The maximum atomic E-state index is 12.4. The van der Waals surface area contributed by atoms with Crippen LogP contribution in [0, 0.1) is 0 Å². The fraction of sp³-hybridized carbons (Fsp3) is 0.0455. The van der Waals surface area contributed by atoms with Gasteiger partial charge in [0.15, 0.2) is 0 Å². The first-order chi connectivity index (χ1) is 13.2. The molecule has 4 nitrogen and oxygen atoms in total. The van der Waals surface area contributed by atoms with Gasteiger partial charge in [0.05, 0.1) is 6.42 Å². The lowest BCUT2D eigenvalue weighted by Gasteiger charge is -2.08. The third kappa shape index (κ3) is 4.20. The standard InChI is InChI=1S/C22H17BrN2O2/c23-16-5-9-18(10-6-16)27-19-11-7-17(8-12-19)25-22(26)13-15-14-24-21-4-2-1-3-20(15)21/h1-12,14,24H,13H2,(H,25,26). The van der Waals surface area contributed by atoms with E-state index in [1.165, 1.54) is 0 Å². The lowest BCUT2D eigenvalue weighted by Crippen LogP contribution is -2.14. The van der Waals surface area contributed by atoms with Crippen molar-refractivity contribution in [2.45, 2.75) is 6.42 Å². The average Bonchev–Trinajstić information content (AvgIpc) is 3.08. The monoisotopic (exact) mass is 420 g/mol. The summed E-state index contributed by atoms with van der Waals surface area (Å²) in [5.74, 6) is 1.42.